The predicted octanol–water partition coefficient (Wildman–Crippen LogP) is 4.45. The molecular weight excluding hydrogens is 347 g/mol. The molecule has 138 valence electrons. The van der Waals surface area contributed by atoms with Crippen molar-refractivity contribution in [1.82, 2.24) is 4.98 Å². The summed E-state index contributed by atoms with van der Waals surface area (Å²) in [5.41, 5.74) is 1.76. The maximum atomic E-state index is 13.4. The number of hydrogen-bond donors (Lipinski definition) is 1. The first-order chi connectivity index (χ1) is 13.2. The average Bonchev–Trinajstić information content (AvgIpc) is 2.69. The summed E-state index contributed by atoms with van der Waals surface area (Å²) in [6.07, 6.45) is 3.42. The van der Waals surface area contributed by atoms with Crippen molar-refractivity contribution in [2.75, 3.05) is 11.9 Å². The summed E-state index contributed by atoms with van der Waals surface area (Å²) in [6.45, 7) is 2.51. The van der Waals surface area contributed by atoms with E-state index in [9.17, 15) is 9.18 Å². The summed E-state index contributed by atoms with van der Waals surface area (Å²) in [6, 6.07) is 14.6. The number of ether oxygens (including phenoxy) is 2. The molecule has 0 fully saturated rings. The van der Waals surface area contributed by atoms with Crippen LogP contribution < -0.4 is 14.8 Å². The van der Waals surface area contributed by atoms with Gasteiger partial charge in [0.2, 0.25) is 0 Å². The molecule has 3 aromatic rings. The van der Waals surface area contributed by atoms with Crippen LogP contribution in [0.2, 0.25) is 0 Å². The van der Waals surface area contributed by atoms with Gasteiger partial charge < -0.3 is 14.8 Å². The number of halogens is 1. The van der Waals surface area contributed by atoms with Crippen LogP contribution in [0.15, 0.2) is 67.0 Å². The van der Waals surface area contributed by atoms with Crippen molar-refractivity contribution >= 4 is 11.6 Å². The molecule has 0 atom stereocenters. The molecule has 0 aliphatic heterocycles. The van der Waals surface area contributed by atoms with Crippen molar-refractivity contribution in [3.8, 4) is 11.5 Å². The van der Waals surface area contributed by atoms with Crippen LogP contribution in [0.25, 0.3) is 0 Å². The van der Waals surface area contributed by atoms with Gasteiger partial charge in [-0.05, 0) is 43.3 Å². The van der Waals surface area contributed by atoms with Gasteiger partial charge in [0.25, 0.3) is 5.91 Å². The minimum Gasteiger partial charge on any atom is -0.492 e. The fourth-order valence-electron chi connectivity index (χ4n) is 2.45. The van der Waals surface area contributed by atoms with Crippen LogP contribution >= 0.6 is 0 Å². The number of amides is 1. The number of carbonyl (C=O) groups is 1. The number of pyridine rings is 1. The summed E-state index contributed by atoms with van der Waals surface area (Å²) in [5.74, 6) is 0.0853. The third-order valence-electron chi connectivity index (χ3n) is 3.72. The van der Waals surface area contributed by atoms with Crippen molar-refractivity contribution < 1.29 is 18.7 Å². The minimum absolute atomic E-state index is 0.287. The Balaban J connectivity index is 1.70. The molecule has 2 aromatic carbocycles. The van der Waals surface area contributed by atoms with Crippen molar-refractivity contribution in [3.05, 3.63) is 83.9 Å². The average molecular weight is 366 g/mol. The quantitative estimate of drug-likeness (QED) is 0.671. The van der Waals surface area contributed by atoms with E-state index in [-0.39, 0.29) is 11.7 Å². The summed E-state index contributed by atoms with van der Waals surface area (Å²) in [7, 11) is 0. The fraction of sp³-hybridized carbons (Fsp3) is 0.143. The van der Waals surface area contributed by atoms with E-state index in [1.165, 1.54) is 18.2 Å². The highest BCUT2D eigenvalue weighted by Crippen LogP contribution is 2.26. The molecule has 0 saturated heterocycles. The largest absolute Gasteiger partial charge is 0.492 e. The molecule has 0 radical (unpaired) electrons. The highest BCUT2D eigenvalue weighted by Gasteiger charge is 2.12. The van der Waals surface area contributed by atoms with Crippen molar-refractivity contribution in [2.45, 2.75) is 13.5 Å². The molecule has 0 bridgehead atoms. The maximum Gasteiger partial charge on any atom is 0.255 e. The summed E-state index contributed by atoms with van der Waals surface area (Å²) in [5, 5.41) is 2.74. The molecule has 1 amide bonds. The number of aromatic nitrogens is 1. The highest BCUT2D eigenvalue weighted by molar-refractivity contribution is 6.05. The summed E-state index contributed by atoms with van der Waals surface area (Å²) >= 11 is 0. The minimum atomic E-state index is -0.428. The maximum absolute atomic E-state index is 13.4. The molecule has 1 aromatic heterocycles. The Bertz CT molecular complexity index is 916. The van der Waals surface area contributed by atoms with Gasteiger partial charge in [0, 0.05) is 29.6 Å². The van der Waals surface area contributed by atoms with Crippen molar-refractivity contribution in [2.24, 2.45) is 0 Å². The van der Waals surface area contributed by atoms with E-state index < -0.39 is 5.82 Å². The van der Waals surface area contributed by atoms with E-state index in [0.29, 0.717) is 30.2 Å². The van der Waals surface area contributed by atoms with Crippen molar-refractivity contribution in [1.29, 1.82) is 0 Å². The van der Waals surface area contributed by atoms with E-state index >= 15 is 0 Å². The first-order valence-corrected chi connectivity index (χ1v) is 8.51. The van der Waals surface area contributed by atoms with E-state index in [0.717, 1.165) is 5.56 Å². The molecular formula is C21H19FN2O3. The second-order valence-electron chi connectivity index (χ2n) is 5.71. The Hall–Kier alpha value is -3.41. The van der Waals surface area contributed by atoms with Crippen LogP contribution in [0.4, 0.5) is 10.1 Å². The Kier molecular flexibility index (Phi) is 5.99. The standard InChI is InChI=1S/C21H19FN2O3/c1-2-26-20-12-17(22)8-9-19(20)24-21(25)16-6-3-7-18(11-16)27-14-15-5-4-10-23-13-15/h3-13H,2,14H2,1H3,(H,24,25). The topological polar surface area (TPSA) is 60.5 Å². The second-order valence-corrected chi connectivity index (χ2v) is 5.71. The van der Waals surface area contributed by atoms with Crippen LogP contribution in [0, 0.1) is 5.82 Å². The van der Waals surface area contributed by atoms with Gasteiger partial charge in [0.05, 0.1) is 12.3 Å². The molecule has 0 unspecified atom stereocenters. The zero-order valence-corrected chi connectivity index (χ0v) is 14.8. The third-order valence-corrected chi connectivity index (χ3v) is 3.72. The number of hydrogen-bond acceptors (Lipinski definition) is 4. The number of carbonyl (C=O) groups excluding carboxylic acids is 1. The van der Waals surface area contributed by atoms with Crippen LogP contribution in [0.5, 0.6) is 11.5 Å². The highest BCUT2D eigenvalue weighted by atomic mass is 19.1. The second kappa shape index (κ2) is 8.80. The lowest BCUT2D eigenvalue weighted by Gasteiger charge is -2.12. The molecule has 0 saturated carbocycles. The fourth-order valence-corrected chi connectivity index (χ4v) is 2.45. The first kappa shape index (κ1) is 18.4. The first-order valence-electron chi connectivity index (χ1n) is 8.51. The number of nitrogens with zero attached hydrogens (tertiary/aromatic N) is 1. The van der Waals surface area contributed by atoms with Gasteiger partial charge in [0.1, 0.15) is 23.9 Å². The van der Waals surface area contributed by atoms with Crippen LogP contribution in [0.3, 0.4) is 0 Å². The summed E-state index contributed by atoms with van der Waals surface area (Å²) < 4.78 is 24.5. The van der Waals surface area contributed by atoms with Gasteiger partial charge >= 0.3 is 0 Å². The monoisotopic (exact) mass is 366 g/mol. The van der Waals surface area contributed by atoms with Gasteiger partial charge in [-0.3, -0.25) is 9.78 Å². The van der Waals surface area contributed by atoms with E-state index in [1.807, 2.05) is 12.1 Å². The zero-order valence-electron chi connectivity index (χ0n) is 14.8. The molecule has 27 heavy (non-hydrogen) atoms. The van der Waals surface area contributed by atoms with E-state index in [2.05, 4.69) is 10.3 Å². The van der Waals surface area contributed by atoms with Gasteiger partial charge in [-0.25, -0.2) is 4.39 Å². The van der Waals surface area contributed by atoms with Gasteiger partial charge in [-0.2, -0.15) is 0 Å². The van der Waals surface area contributed by atoms with E-state index in [1.54, 1.807) is 43.6 Å². The molecule has 6 heteroatoms. The number of anilines is 1. The lowest BCUT2D eigenvalue weighted by atomic mass is 10.2. The van der Waals surface area contributed by atoms with Gasteiger partial charge in [0.15, 0.2) is 0 Å². The molecule has 1 N–H and O–H groups in total. The van der Waals surface area contributed by atoms with E-state index in [4.69, 9.17) is 9.47 Å². The molecule has 1 heterocycles. The van der Waals surface area contributed by atoms with Crippen LogP contribution in [-0.4, -0.2) is 17.5 Å². The molecule has 0 aliphatic carbocycles. The normalized spacial score (nSPS) is 10.3. The Morgan fingerprint density at radius 3 is 2.78 bits per heavy atom. The third kappa shape index (κ3) is 5.04. The zero-order chi connectivity index (χ0) is 19.1. The molecule has 5 nitrogen and oxygen atoms in total. The van der Waals surface area contributed by atoms with Crippen LogP contribution in [0.1, 0.15) is 22.8 Å². The van der Waals surface area contributed by atoms with Gasteiger partial charge in [-0.1, -0.05) is 12.1 Å². The number of benzene rings is 2. The molecule has 3 rings (SSSR count). The molecule has 0 aliphatic rings. The molecule has 0 spiro atoms. The van der Waals surface area contributed by atoms with Crippen LogP contribution in [-0.2, 0) is 6.61 Å². The Morgan fingerprint density at radius 1 is 1.11 bits per heavy atom. The Morgan fingerprint density at radius 2 is 2.00 bits per heavy atom. The Labute approximate surface area is 156 Å². The summed E-state index contributed by atoms with van der Waals surface area (Å²) in [4.78, 5) is 16.6. The van der Waals surface area contributed by atoms with Gasteiger partial charge in [-0.15, -0.1) is 0 Å². The lowest BCUT2D eigenvalue weighted by Crippen LogP contribution is -2.13. The number of rotatable bonds is 7. The lowest BCUT2D eigenvalue weighted by molar-refractivity contribution is 0.102. The predicted molar refractivity (Wildman–Crippen MR) is 101 cm³/mol. The smallest absolute Gasteiger partial charge is 0.255 e. The van der Waals surface area contributed by atoms with Crippen molar-refractivity contribution in [3.63, 3.8) is 0 Å². The number of nitrogens with one attached hydrogen (secondary N) is 1. The SMILES string of the molecule is CCOc1cc(F)ccc1NC(=O)c1cccc(OCc2cccnc2)c1.